The zero-order valence-corrected chi connectivity index (χ0v) is 15.1. The predicted molar refractivity (Wildman–Crippen MR) is 94.8 cm³/mol. The predicted octanol–water partition coefficient (Wildman–Crippen LogP) is 2.68. The summed E-state index contributed by atoms with van der Waals surface area (Å²) in [5.74, 6) is -1.05. The van der Waals surface area contributed by atoms with Gasteiger partial charge < -0.3 is 10.5 Å². The van der Waals surface area contributed by atoms with E-state index >= 15 is 0 Å². The maximum Gasteiger partial charge on any atom is 0.344 e. The molecule has 2 N–H and O–H groups in total. The summed E-state index contributed by atoms with van der Waals surface area (Å²) in [5, 5.41) is 3.79. The SMILES string of the molecule is Nc1cc(OC(=O)c2cccc(Br)c2)nn1S(=O)(=O)c1ccccc1. The van der Waals surface area contributed by atoms with E-state index in [1.165, 1.54) is 18.2 Å². The number of nitrogen functional groups attached to an aromatic ring is 1. The Morgan fingerprint density at radius 1 is 1.08 bits per heavy atom. The van der Waals surface area contributed by atoms with E-state index in [2.05, 4.69) is 21.0 Å². The van der Waals surface area contributed by atoms with Crippen LogP contribution in [0, 0.1) is 0 Å². The Bertz CT molecular complexity index is 1030. The van der Waals surface area contributed by atoms with Crippen molar-refractivity contribution in [3.05, 3.63) is 70.7 Å². The molecule has 2 aromatic carbocycles. The number of hydrogen-bond acceptors (Lipinski definition) is 6. The molecule has 9 heteroatoms. The molecule has 0 spiro atoms. The van der Waals surface area contributed by atoms with E-state index < -0.39 is 16.0 Å². The summed E-state index contributed by atoms with van der Waals surface area (Å²) >= 11 is 3.26. The Morgan fingerprint density at radius 3 is 2.48 bits per heavy atom. The van der Waals surface area contributed by atoms with Crippen molar-refractivity contribution in [2.75, 3.05) is 5.73 Å². The Hall–Kier alpha value is -2.65. The number of esters is 1. The van der Waals surface area contributed by atoms with Crippen LogP contribution in [0.1, 0.15) is 10.4 Å². The van der Waals surface area contributed by atoms with E-state index in [0.29, 0.717) is 8.56 Å². The second-order valence-corrected chi connectivity index (χ2v) is 7.65. The Labute approximate surface area is 152 Å². The molecule has 0 atom stereocenters. The molecule has 0 amide bonds. The highest BCUT2D eigenvalue weighted by molar-refractivity contribution is 9.10. The van der Waals surface area contributed by atoms with E-state index in [-0.39, 0.29) is 22.2 Å². The highest BCUT2D eigenvalue weighted by Gasteiger charge is 2.23. The van der Waals surface area contributed by atoms with Gasteiger partial charge in [-0.2, -0.15) is 8.42 Å². The molecule has 7 nitrogen and oxygen atoms in total. The van der Waals surface area contributed by atoms with Gasteiger partial charge in [0.25, 0.3) is 10.0 Å². The molecule has 128 valence electrons. The van der Waals surface area contributed by atoms with Crippen LogP contribution in [-0.4, -0.2) is 23.6 Å². The van der Waals surface area contributed by atoms with Crippen LogP contribution in [0.2, 0.25) is 0 Å². The Kier molecular flexibility index (Phi) is 4.60. The topological polar surface area (TPSA) is 104 Å². The number of hydrogen-bond donors (Lipinski definition) is 1. The van der Waals surface area contributed by atoms with Gasteiger partial charge >= 0.3 is 5.97 Å². The number of halogens is 1. The van der Waals surface area contributed by atoms with Crippen molar-refractivity contribution < 1.29 is 17.9 Å². The van der Waals surface area contributed by atoms with Crippen molar-refractivity contribution >= 4 is 37.7 Å². The maximum atomic E-state index is 12.5. The Morgan fingerprint density at radius 2 is 1.80 bits per heavy atom. The molecule has 0 unspecified atom stereocenters. The third-order valence-corrected chi connectivity index (χ3v) is 5.32. The summed E-state index contributed by atoms with van der Waals surface area (Å²) in [6, 6.07) is 15.4. The van der Waals surface area contributed by atoms with E-state index in [9.17, 15) is 13.2 Å². The molecule has 0 radical (unpaired) electrons. The summed E-state index contributed by atoms with van der Waals surface area (Å²) in [6.45, 7) is 0. The number of aromatic nitrogens is 2. The van der Waals surface area contributed by atoms with Gasteiger partial charge in [0.2, 0.25) is 5.88 Å². The monoisotopic (exact) mass is 421 g/mol. The van der Waals surface area contributed by atoms with E-state index in [1.807, 2.05) is 0 Å². The highest BCUT2D eigenvalue weighted by atomic mass is 79.9. The largest absolute Gasteiger partial charge is 0.402 e. The van der Waals surface area contributed by atoms with E-state index in [4.69, 9.17) is 10.5 Å². The molecule has 0 aliphatic heterocycles. The number of carbonyl (C=O) groups is 1. The summed E-state index contributed by atoms with van der Waals surface area (Å²) in [4.78, 5) is 12.1. The first-order valence-electron chi connectivity index (χ1n) is 7.02. The molecule has 0 fully saturated rings. The lowest BCUT2D eigenvalue weighted by Gasteiger charge is -2.05. The van der Waals surface area contributed by atoms with Gasteiger partial charge in [0.15, 0.2) is 0 Å². The quantitative estimate of drug-likeness (QED) is 0.649. The van der Waals surface area contributed by atoms with E-state index in [1.54, 1.807) is 42.5 Å². The standard InChI is InChI=1S/C16H12BrN3O4S/c17-12-6-4-5-11(9-12)16(21)24-15-10-14(18)20(19-15)25(22,23)13-7-2-1-3-8-13/h1-10H,18H2. The fourth-order valence-electron chi connectivity index (χ4n) is 2.06. The van der Waals surface area contributed by atoms with E-state index in [0.717, 1.165) is 0 Å². The molecule has 0 saturated carbocycles. The van der Waals surface area contributed by atoms with Gasteiger partial charge in [-0.25, -0.2) is 4.79 Å². The van der Waals surface area contributed by atoms with Crippen LogP contribution in [0.25, 0.3) is 0 Å². The second kappa shape index (κ2) is 6.69. The first-order valence-corrected chi connectivity index (χ1v) is 9.25. The van der Waals surface area contributed by atoms with Crippen LogP contribution in [0.15, 0.2) is 70.0 Å². The van der Waals surface area contributed by atoms with Crippen LogP contribution >= 0.6 is 15.9 Å². The van der Waals surface area contributed by atoms with Crippen LogP contribution in [0.3, 0.4) is 0 Å². The van der Waals surface area contributed by atoms with Crippen molar-refractivity contribution in [2.45, 2.75) is 4.90 Å². The summed E-state index contributed by atoms with van der Waals surface area (Å²) in [5.41, 5.74) is 6.01. The number of rotatable bonds is 4. The van der Waals surface area contributed by atoms with Crippen LogP contribution in [0.4, 0.5) is 5.82 Å². The minimum atomic E-state index is -3.97. The van der Waals surface area contributed by atoms with Crippen molar-refractivity contribution in [1.29, 1.82) is 0 Å². The molecule has 1 heterocycles. The van der Waals surface area contributed by atoms with Gasteiger partial charge in [-0.3, -0.25) is 0 Å². The third kappa shape index (κ3) is 3.57. The highest BCUT2D eigenvalue weighted by Crippen LogP contribution is 2.22. The smallest absolute Gasteiger partial charge is 0.344 e. The summed E-state index contributed by atoms with van der Waals surface area (Å²) < 4.78 is 31.5. The fraction of sp³-hybridized carbons (Fsp3) is 0. The van der Waals surface area contributed by atoms with Gasteiger partial charge in [0, 0.05) is 10.5 Å². The molecule has 3 aromatic rings. The van der Waals surface area contributed by atoms with Gasteiger partial charge in [-0.15, -0.1) is 9.19 Å². The van der Waals surface area contributed by atoms with Crippen molar-refractivity contribution in [2.24, 2.45) is 0 Å². The second-order valence-electron chi connectivity index (χ2n) is 4.97. The average Bonchev–Trinajstić information content (AvgIpc) is 2.96. The molecule has 0 aliphatic rings. The zero-order chi connectivity index (χ0) is 18.0. The minimum absolute atomic E-state index is 0.0228. The molecule has 25 heavy (non-hydrogen) atoms. The molecule has 0 aliphatic carbocycles. The number of benzene rings is 2. The summed E-state index contributed by atoms with van der Waals surface area (Å²) in [6.07, 6.45) is 0. The molecule has 3 rings (SSSR count). The van der Waals surface area contributed by atoms with Crippen molar-refractivity contribution in [1.82, 2.24) is 9.19 Å². The average molecular weight is 422 g/mol. The molecular weight excluding hydrogens is 410 g/mol. The Balaban J connectivity index is 1.89. The number of nitrogens with zero attached hydrogens (tertiary/aromatic N) is 2. The number of carbonyl (C=O) groups excluding carboxylic acids is 1. The maximum absolute atomic E-state index is 12.5. The lowest BCUT2D eigenvalue weighted by molar-refractivity contribution is 0.0727. The normalized spacial score (nSPS) is 11.2. The molecule has 0 saturated heterocycles. The minimum Gasteiger partial charge on any atom is -0.402 e. The first kappa shape index (κ1) is 17.2. The van der Waals surface area contributed by atoms with Crippen LogP contribution in [-0.2, 0) is 10.0 Å². The lowest BCUT2D eigenvalue weighted by atomic mass is 10.2. The summed E-state index contributed by atoms with van der Waals surface area (Å²) in [7, 11) is -3.97. The number of ether oxygens (including phenoxy) is 1. The molecule has 1 aromatic heterocycles. The van der Waals surface area contributed by atoms with Gasteiger partial charge in [0.05, 0.1) is 10.5 Å². The van der Waals surface area contributed by atoms with Gasteiger partial charge in [-0.05, 0) is 30.3 Å². The van der Waals surface area contributed by atoms with Gasteiger partial charge in [0.1, 0.15) is 5.82 Å². The first-order chi connectivity index (χ1) is 11.9. The molecule has 0 bridgehead atoms. The third-order valence-electron chi connectivity index (χ3n) is 3.21. The van der Waals surface area contributed by atoms with Crippen LogP contribution in [0.5, 0.6) is 5.88 Å². The number of nitrogens with two attached hydrogens (primary N) is 1. The fourth-order valence-corrected chi connectivity index (χ4v) is 3.68. The molecular formula is C16H12BrN3O4S. The van der Waals surface area contributed by atoms with Crippen molar-refractivity contribution in [3.63, 3.8) is 0 Å². The van der Waals surface area contributed by atoms with Gasteiger partial charge in [-0.1, -0.05) is 40.2 Å². The van der Waals surface area contributed by atoms with Crippen LogP contribution < -0.4 is 10.5 Å². The van der Waals surface area contributed by atoms with Crippen molar-refractivity contribution in [3.8, 4) is 5.88 Å². The lowest BCUT2D eigenvalue weighted by Crippen LogP contribution is -2.17. The number of anilines is 1. The zero-order valence-electron chi connectivity index (χ0n) is 12.7.